The quantitative estimate of drug-likeness (QED) is 0.837. The second-order valence-corrected chi connectivity index (χ2v) is 6.39. The highest BCUT2D eigenvalue weighted by molar-refractivity contribution is 5.78. The Bertz CT molecular complexity index is 418. The average Bonchev–Trinajstić information content (AvgIpc) is 2.35. The summed E-state index contributed by atoms with van der Waals surface area (Å²) < 4.78 is 0. The van der Waals surface area contributed by atoms with Crippen molar-refractivity contribution in [1.82, 2.24) is 10.6 Å². The first-order valence-corrected chi connectivity index (χ1v) is 7.45. The number of rotatable bonds is 6. The molecule has 0 aliphatic rings. The summed E-state index contributed by atoms with van der Waals surface area (Å²) in [5, 5.41) is 6.21. The van der Waals surface area contributed by atoms with Crippen LogP contribution >= 0.6 is 0 Å². The van der Waals surface area contributed by atoms with E-state index >= 15 is 0 Å². The molecule has 20 heavy (non-hydrogen) atoms. The van der Waals surface area contributed by atoms with E-state index < -0.39 is 0 Å². The Morgan fingerprint density at radius 2 is 1.80 bits per heavy atom. The van der Waals surface area contributed by atoms with Crippen LogP contribution < -0.4 is 10.6 Å². The van der Waals surface area contributed by atoms with Crippen molar-refractivity contribution in [3.8, 4) is 0 Å². The van der Waals surface area contributed by atoms with Crippen LogP contribution in [-0.4, -0.2) is 18.0 Å². The molecule has 0 aromatic heterocycles. The Morgan fingerprint density at radius 1 is 1.20 bits per heavy atom. The van der Waals surface area contributed by atoms with Crippen molar-refractivity contribution >= 4 is 5.91 Å². The van der Waals surface area contributed by atoms with Crippen LogP contribution in [-0.2, 0) is 11.2 Å². The fourth-order valence-corrected chi connectivity index (χ4v) is 2.09. The van der Waals surface area contributed by atoms with Crippen LogP contribution in [0.2, 0.25) is 0 Å². The molecule has 0 aliphatic heterocycles. The third kappa shape index (κ3) is 6.20. The van der Waals surface area contributed by atoms with Gasteiger partial charge in [-0.2, -0.15) is 0 Å². The minimum atomic E-state index is -0.177. The maximum atomic E-state index is 11.8. The zero-order chi connectivity index (χ0) is 15.2. The molecule has 0 fully saturated rings. The van der Waals surface area contributed by atoms with Crippen LogP contribution in [0, 0.1) is 0 Å². The molecule has 3 nitrogen and oxygen atoms in total. The molecule has 0 spiro atoms. The lowest BCUT2D eigenvalue weighted by molar-refractivity contribution is -0.121. The van der Waals surface area contributed by atoms with Crippen LogP contribution in [0.5, 0.6) is 0 Å². The van der Waals surface area contributed by atoms with Gasteiger partial charge in [0.15, 0.2) is 0 Å². The Kier molecular flexibility index (Phi) is 6.21. The van der Waals surface area contributed by atoms with E-state index in [0.29, 0.717) is 6.54 Å². The summed E-state index contributed by atoms with van der Waals surface area (Å²) in [5.41, 5.74) is 2.41. The van der Waals surface area contributed by atoms with E-state index in [4.69, 9.17) is 0 Å². The van der Waals surface area contributed by atoms with Crippen molar-refractivity contribution in [2.75, 3.05) is 6.54 Å². The predicted octanol–water partition coefficient (Wildman–Crippen LogP) is 3.20. The first-order chi connectivity index (χ1) is 9.31. The molecule has 1 aromatic rings. The van der Waals surface area contributed by atoms with Gasteiger partial charge < -0.3 is 10.6 Å². The molecule has 1 rings (SSSR count). The maximum Gasteiger partial charge on any atom is 0.234 e. The van der Waals surface area contributed by atoms with Crippen LogP contribution in [0.25, 0.3) is 0 Å². The zero-order valence-corrected chi connectivity index (χ0v) is 13.4. The molecule has 1 amide bonds. The van der Waals surface area contributed by atoms with Gasteiger partial charge in [-0.1, -0.05) is 37.6 Å². The third-order valence-electron chi connectivity index (χ3n) is 3.10. The van der Waals surface area contributed by atoms with Gasteiger partial charge in [-0.3, -0.25) is 4.79 Å². The van der Waals surface area contributed by atoms with Crippen LogP contribution in [0.15, 0.2) is 24.3 Å². The predicted molar refractivity (Wildman–Crippen MR) is 84.8 cm³/mol. The van der Waals surface area contributed by atoms with Gasteiger partial charge in [0.25, 0.3) is 0 Å². The van der Waals surface area contributed by atoms with Gasteiger partial charge in [-0.25, -0.2) is 0 Å². The topological polar surface area (TPSA) is 41.1 Å². The summed E-state index contributed by atoms with van der Waals surface area (Å²) in [6.45, 7) is 10.6. The van der Waals surface area contributed by atoms with Gasteiger partial charge >= 0.3 is 0 Å². The molecule has 1 atom stereocenters. The molecule has 0 aliphatic carbocycles. The Hall–Kier alpha value is -1.35. The second-order valence-electron chi connectivity index (χ2n) is 6.39. The number of carbonyl (C=O) groups excluding carboxylic acids is 1. The molecule has 1 unspecified atom stereocenters. The van der Waals surface area contributed by atoms with Gasteiger partial charge in [0.05, 0.1) is 6.54 Å². The highest BCUT2D eigenvalue weighted by Crippen LogP contribution is 2.14. The van der Waals surface area contributed by atoms with Crippen molar-refractivity contribution in [2.24, 2.45) is 0 Å². The highest BCUT2D eigenvalue weighted by Gasteiger charge is 2.14. The van der Waals surface area contributed by atoms with Crippen LogP contribution in [0.3, 0.4) is 0 Å². The maximum absolute atomic E-state index is 11.8. The van der Waals surface area contributed by atoms with Crippen molar-refractivity contribution in [3.63, 3.8) is 0 Å². The van der Waals surface area contributed by atoms with Crippen molar-refractivity contribution in [3.05, 3.63) is 35.4 Å². The van der Waals surface area contributed by atoms with E-state index in [2.05, 4.69) is 48.7 Å². The molecule has 0 bridgehead atoms. The van der Waals surface area contributed by atoms with E-state index in [9.17, 15) is 4.79 Å². The first-order valence-electron chi connectivity index (χ1n) is 7.45. The first kappa shape index (κ1) is 16.7. The molecule has 0 saturated heterocycles. The van der Waals surface area contributed by atoms with E-state index in [-0.39, 0.29) is 17.5 Å². The number of aryl methyl sites for hydroxylation is 1. The van der Waals surface area contributed by atoms with E-state index in [0.717, 1.165) is 6.42 Å². The van der Waals surface area contributed by atoms with Crippen molar-refractivity contribution in [1.29, 1.82) is 0 Å². The number of amides is 1. The lowest BCUT2D eigenvalue weighted by Crippen LogP contribution is -2.45. The number of nitrogens with one attached hydrogen (secondary N) is 2. The van der Waals surface area contributed by atoms with E-state index in [1.807, 2.05) is 20.8 Å². The molecule has 1 aromatic carbocycles. The standard InChI is InChI=1S/C17H28N2O/c1-6-7-14-8-10-15(11-9-14)13(2)18-12-16(20)19-17(3,4)5/h8-11,13,18H,6-7,12H2,1-5H3,(H,19,20). The minimum Gasteiger partial charge on any atom is -0.350 e. The zero-order valence-electron chi connectivity index (χ0n) is 13.4. The van der Waals surface area contributed by atoms with Gasteiger partial charge in [0, 0.05) is 11.6 Å². The minimum absolute atomic E-state index is 0.0342. The van der Waals surface area contributed by atoms with E-state index in [1.165, 1.54) is 17.5 Å². The Balaban J connectivity index is 2.46. The summed E-state index contributed by atoms with van der Waals surface area (Å²) in [6.07, 6.45) is 2.29. The fraction of sp³-hybridized carbons (Fsp3) is 0.588. The SMILES string of the molecule is CCCc1ccc(C(C)NCC(=O)NC(C)(C)C)cc1. The fourth-order valence-electron chi connectivity index (χ4n) is 2.09. The molecule has 112 valence electrons. The number of benzene rings is 1. The van der Waals surface area contributed by atoms with Crippen LogP contribution in [0.1, 0.15) is 58.2 Å². The van der Waals surface area contributed by atoms with E-state index in [1.54, 1.807) is 0 Å². The van der Waals surface area contributed by atoms with Gasteiger partial charge in [0.2, 0.25) is 5.91 Å². The van der Waals surface area contributed by atoms with Crippen molar-refractivity contribution < 1.29 is 4.79 Å². The lowest BCUT2D eigenvalue weighted by Gasteiger charge is -2.22. The molecule has 2 N–H and O–H groups in total. The summed E-state index contributed by atoms with van der Waals surface area (Å²) in [5.74, 6) is 0.0342. The average molecular weight is 276 g/mol. The molecular formula is C17H28N2O. The van der Waals surface area contributed by atoms with Gasteiger partial charge in [-0.15, -0.1) is 0 Å². The Morgan fingerprint density at radius 3 is 2.30 bits per heavy atom. The summed E-state index contributed by atoms with van der Waals surface area (Å²) >= 11 is 0. The second kappa shape index (κ2) is 7.44. The summed E-state index contributed by atoms with van der Waals surface area (Å²) in [6, 6.07) is 8.81. The molecule has 0 radical (unpaired) electrons. The van der Waals surface area contributed by atoms with Gasteiger partial charge in [-0.05, 0) is 45.2 Å². The van der Waals surface area contributed by atoms with Crippen molar-refractivity contribution in [2.45, 2.75) is 59.0 Å². The molecule has 3 heteroatoms. The normalized spacial score (nSPS) is 13.1. The summed E-state index contributed by atoms with van der Waals surface area (Å²) in [4.78, 5) is 11.8. The highest BCUT2D eigenvalue weighted by atomic mass is 16.2. The number of carbonyl (C=O) groups is 1. The monoisotopic (exact) mass is 276 g/mol. The smallest absolute Gasteiger partial charge is 0.234 e. The van der Waals surface area contributed by atoms with Crippen LogP contribution in [0.4, 0.5) is 0 Å². The largest absolute Gasteiger partial charge is 0.350 e. The lowest BCUT2D eigenvalue weighted by atomic mass is 10.0. The molecular weight excluding hydrogens is 248 g/mol. The Labute approximate surface area is 123 Å². The summed E-state index contributed by atoms with van der Waals surface area (Å²) in [7, 11) is 0. The number of hydrogen-bond donors (Lipinski definition) is 2. The molecule has 0 saturated carbocycles. The third-order valence-corrected chi connectivity index (χ3v) is 3.10. The molecule has 0 heterocycles. The van der Waals surface area contributed by atoms with Gasteiger partial charge in [0.1, 0.15) is 0 Å². The number of hydrogen-bond acceptors (Lipinski definition) is 2.